The van der Waals surface area contributed by atoms with Crippen molar-refractivity contribution in [1.29, 1.82) is 0 Å². The molecule has 0 unspecified atom stereocenters. The minimum atomic E-state index is -0.888. The summed E-state index contributed by atoms with van der Waals surface area (Å²) in [6.45, 7) is 1.68. The largest absolute Gasteiger partial charge is 0.481 e. The van der Waals surface area contributed by atoms with Crippen LogP contribution in [0, 0.1) is 11.8 Å². The summed E-state index contributed by atoms with van der Waals surface area (Å²) < 4.78 is 0. The topological polar surface area (TPSA) is 66.4 Å². The van der Waals surface area contributed by atoms with Gasteiger partial charge in [0.15, 0.2) is 0 Å². The molecule has 0 radical (unpaired) electrons. The molecule has 1 rings (SSSR count). The van der Waals surface area contributed by atoms with E-state index < -0.39 is 5.97 Å². The molecule has 0 aliphatic heterocycles. The van der Waals surface area contributed by atoms with Crippen molar-refractivity contribution in [3.05, 3.63) is 35.4 Å². The summed E-state index contributed by atoms with van der Waals surface area (Å²) in [7, 11) is 0. The first kappa shape index (κ1) is 12.8. The van der Waals surface area contributed by atoms with Crippen LogP contribution in [0.25, 0.3) is 0 Å². The number of hydrogen-bond acceptors (Lipinski definition) is 2. The minimum absolute atomic E-state index is 0.0506. The zero-order chi connectivity index (χ0) is 12.7. The number of carbonyl (C=O) groups is 2. The maximum absolute atomic E-state index is 10.6. The zero-order valence-corrected chi connectivity index (χ0v) is 9.49. The number of carbonyl (C=O) groups excluding carboxylic acids is 1. The van der Waals surface area contributed by atoms with Crippen LogP contribution >= 0.6 is 0 Å². The molecule has 1 aromatic rings. The monoisotopic (exact) mass is 231 g/mol. The lowest BCUT2D eigenvalue weighted by molar-refractivity contribution is -0.136. The van der Waals surface area contributed by atoms with Crippen LogP contribution in [0.1, 0.15) is 18.1 Å². The van der Waals surface area contributed by atoms with Crippen LogP contribution in [0.5, 0.6) is 0 Å². The first-order chi connectivity index (χ1) is 8.09. The Hall–Kier alpha value is -2.28. The lowest BCUT2D eigenvalue weighted by atomic mass is 10.1. The summed E-state index contributed by atoms with van der Waals surface area (Å²) in [5.74, 6) is 4.59. The van der Waals surface area contributed by atoms with E-state index in [2.05, 4.69) is 17.2 Å². The Morgan fingerprint density at radius 3 is 2.71 bits per heavy atom. The molecule has 0 aliphatic rings. The second-order valence-corrected chi connectivity index (χ2v) is 3.44. The number of nitrogens with one attached hydrogen (secondary N) is 1. The third-order valence-electron chi connectivity index (χ3n) is 2.01. The first-order valence-corrected chi connectivity index (χ1v) is 5.12. The fraction of sp³-hybridized carbons (Fsp3) is 0.231. The van der Waals surface area contributed by atoms with Crippen molar-refractivity contribution < 1.29 is 14.7 Å². The van der Waals surface area contributed by atoms with E-state index in [0.29, 0.717) is 11.1 Å². The number of rotatable bonds is 3. The Morgan fingerprint density at radius 2 is 2.06 bits per heavy atom. The average molecular weight is 231 g/mol. The molecule has 1 amide bonds. The lowest BCUT2D eigenvalue weighted by Crippen LogP contribution is -2.19. The standard InChI is InChI=1S/C13H13NO3/c1-10(15)14-8-4-7-11-5-2-3-6-12(11)9-13(16)17/h2-3,5-6H,8-9H2,1H3,(H,14,15)(H,16,17). The molecule has 0 fully saturated rings. The van der Waals surface area contributed by atoms with Crippen LogP contribution in [0.4, 0.5) is 0 Å². The molecule has 0 bridgehead atoms. The molecule has 0 spiro atoms. The second-order valence-electron chi connectivity index (χ2n) is 3.44. The first-order valence-electron chi connectivity index (χ1n) is 5.12. The van der Waals surface area contributed by atoms with E-state index in [0.717, 1.165) is 0 Å². The van der Waals surface area contributed by atoms with E-state index in [4.69, 9.17) is 5.11 Å². The van der Waals surface area contributed by atoms with Gasteiger partial charge in [0.1, 0.15) is 0 Å². The van der Waals surface area contributed by atoms with Crippen molar-refractivity contribution >= 4 is 11.9 Å². The molecule has 0 aromatic heterocycles. The van der Waals surface area contributed by atoms with Gasteiger partial charge in [-0.1, -0.05) is 30.0 Å². The van der Waals surface area contributed by atoms with Crippen LogP contribution in [-0.2, 0) is 16.0 Å². The van der Waals surface area contributed by atoms with Gasteiger partial charge in [-0.3, -0.25) is 9.59 Å². The van der Waals surface area contributed by atoms with E-state index in [1.807, 2.05) is 0 Å². The molecule has 2 N–H and O–H groups in total. The summed E-state index contributed by atoms with van der Waals surface area (Å²) >= 11 is 0. The molecule has 17 heavy (non-hydrogen) atoms. The van der Waals surface area contributed by atoms with Crippen molar-refractivity contribution in [2.24, 2.45) is 0 Å². The van der Waals surface area contributed by atoms with Gasteiger partial charge in [-0.05, 0) is 11.6 Å². The highest BCUT2D eigenvalue weighted by Gasteiger charge is 2.03. The van der Waals surface area contributed by atoms with Gasteiger partial charge in [0.25, 0.3) is 0 Å². The molecule has 0 atom stereocenters. The molecule has 0 aliphatic carbocycles. The fourth-order valence-corrected chi connectivity index (χ4v) is 1.27. The molecule has 0 heterocycles. The van der Waals surface area contributed by atoms with Crippen molar-refractivity contribution in [3.63, 3.8) is 0 Å². The Kier molecular flexibility index (Phi) is 4.77. The molecule has 4 nitrogen and oxygen atoms in total. The zero-order valence-electron chi connectivity index (χ0n) is 9.49. The summed E-state index contributed by atoms with van der Waals surface area (Å²) in [5.41, 5.74) is 1.36. The molecular weight excluding hydrogens is 218 g/mol. The van der Waals surface area contributed by atoms with E-state index in [9.17, 15) is 9.59 Å². The van der Waals surface area contributed by atoms with Gasteiger partial charge in [-0.25, -0.2) is 0 Å². The third kappa shape index (κ3) is 4.85. The van der Waals surface area contributed by atoms with E-state index in [1.54, 1.807) is 24.3 Å². The van der Waals surface area contributed by atoms with Gasteiger partial charge < -0.3 is 10.4 Å². The smallest absolute Gasteiger partial charge is 0.307 e. The van der Waals surface area contributed by atoms with E-state index in [1.165, 1.54) is 6.92 Å². The normalized spacial score (nSPS) is 9.00. The Bertz CT molecular complexity index is 483. The Labute approximate surface area is 99.7 Å². The van der Waals surface area contributed by atoms with Gasteiger partial charge in [0, 0.05) is 12.5 Å². The highest BCUT2D eigenvalue weighted by atomic mass is 16.4. The number of hydrogen-bond donors (Lipinski definition) is 2. The van der Waals surface area contributed by atoms with Crippen LogP contribution in [0.2, 0.25) is 0 Å². The van der Waals surface area contributed by atoms with Gasteiger partial charge in [0.05, 0.1) is 13.0 Å². The molecule has 88 valence electrons. The molecule has 0 saturated carbocycles. The minimum Gasteiger partial charge on any atom is -0.481 e. The summed E-state index contributed by atoms with van der Waals surface area (Å²) in [6, 6.07) is 7.07. The quantitative estimate of drug-likeness (QED) is 0.756. The molecular formula is C13H13NO3. The number of carboxylic acid groups (broad SMARTS) is 1. The number of aliphatic carboxylic acids is 1. The lowest BCUT2D eigenvalue weighted by Gasteiger charge is -2.00. The van der Waals surface area contributed by atoms with Crippen molar-refractivity contribution in [2.75, 3.05) is 6.54 Å². The van der Waals surface area contributed by atoms with Gasteiger partial charge in [-0.15, -0.1) is 0 Å². The van der Waals surface area contributed by atoms with Crippen LogP contribution in [0.3, 0.4) is 0 Å². The predicted molar refractivity (Wildman–Crippen MR) is 63.3 cm³/mol. The highest BCUT2D eigenvalue weighted by molar-refractivity contribution is 5.73. The SMILES string of the molecule is CC(=O)NCC#Cc1ccccc1CC(=O)O. The van der Waals surface area contributed by atoms with Crippen LogP contribution in [-0.4, -0.2) is 23.5 Å². The highest BCUT2D eigenvalue weighted by Crippen LogP contribution is 2.07. The van der Waals surface area contributed by atoms with Crippen molar-refractivity contribution in [1.82, 2.24) is 5.32 Å². The van der Waals surface area contributed by atoms with Gasteiger partial charge in [0.2, 0.25) is 5.91 Å². The van der Waals surface area contributed by atoms with Crippen LogP contribution in [0.15, 0.2) is 24.3 Å². The average Bonchev–Trinajstić information content (AvgIpc) is 2.25. The van der Waals surface area contributed by atoms with Crippen molar-refractivity contribution in [2.45, 2.75) is 13.3 Å². The van der Waals surface area contributed by atoms with Gasteiger partial charge in [-0.2, -0.15) is 0 Å². The van der Waals surface area contributed by atoms with E-state index in [-0.39, 0.29) is 18.9 Å². The Morgan fingerprint density at radius 1 is 1.35 bits per heavy atom. The molecule has 4 heteroatoms. The summed E-state index contributed by atoms with van der Waals surface area (Å²) in [4.78, 5) is 21.2. The molecule has 0 saturated heterocycles. The number of benzene rings is 1. The summed E-state index contributed by atoms with van der Waals surface area (Å²) in [5, 5.41) is 11.3. The van der Waals surface area contributed by atoms with Crippen LogP contribution < -0.4 is 5.32 Å². The maximum atomic E-state index is 10.6. The van der Waals surface area contributed by atoms with Crippen molar-refractivity contribution in [3.8, 4) is 11.8 Å². The van der Waals surface area contributed by atoms with Gasteiger partial charge >= 0.3 is 5.97 Å². The second kappa shape index (κ2) is 6.33. The molecule has 1 aromatic carbocycles. The van der Waals surface area contributed by atoms with E-state index >= 15 is 0 Å². The Balaban J connectivity index is 2.75. The number of amides is 1. The number of carboxylic acids is 1. The summed E-state index contributed by atoms with van der Waals surface area (Å²) in [6.07, 6.45) is -0.0506. The maximum Gasteiger partial charge on any atom is 0.307 e. The third-order valence-corrected chi connectivity index (χ3v) is 2.01. The predicted octanol–water partition coefficient (Wildman–Crippen LogP) is 0.801. The fourth-order valence-electron chi connectivity index (χ4n) is 1.27.